The molecule has 0 fully saturated rings. The van der Waals surface area contributed by atoms with Crippen LogP contribution in [0.15, 0.2) is 18.2 Å². The van der Waals surface area contributed by atoms with Crippen molar-refractivity contribution in [3.05, 3.63) is 24.0 Å². The molecule has 3 nitrogen and oxygen atoms in total. The van der Waals surface area contributed by atoms with Gasteiger partial charge in [0.05, 0.1) is 18.5 Å². The average molecular weight is 309 g/mol. The Labute approximate surface area is 132 Å². The summed E-state index contributed by atoms with van der Waals surface area (Å²) in [4.78, 5) is 4.64. The van der Waals surface area contributed by atoms with Crippen LogP contribution in [0.1, 0.15) is 51.3 Å². The Morgan fingerprint density at radius 1 is 1.14 bits per heavy atom. The van der Waals surface area contributed by atoms with Gasteiger partial charge in [-0.3, -0.25) is 0 Å². The summed E-state index contributed by atoms with van der Waals surface area (Å²) < 4.78 is 7.63. The molecule has 21 heavy (non-hydrogen) atoms. The quantitative estimate of drug-likeness (QED) is 0.473. The van der Waals surface area contributed by atoms with Crippen molar-refractivity contribution in [3.8, 4) is 5.75 Å². The molecular formula is C17H25ClN2O. The summed E-state index contributed by atoms with van der Waals surface area (Å²) in [5.74, 6) is 2.19. The van der Waals surface area contributed by atoms with Crippen molar-refractivity contribution in [3.63, 3.8) is 0 Å². The van der Waals surface area contributed by atoms with Crippen molar-refractivity contribution in [1.29, 1.82) is 0 Å². The Balaban J connectivity index is 2.07. The predicted octanol–water partition coefficient (Wildman–Crippen LogP) is 5.14. The third-order valence-electron chi connectivity index (χ3n) is 3.90. The Morgan fingerprint density at radius 3 is 2.62 bits per heavy atom. The lowest BCUT2D eigenvalue weighted by atomic mass is 10.1. The molecule has 0 bridgehead atoms. The number of aryl methyl sites for hydroxylation is 1. The molecule has 4 heteroatoms. The molecule has 0 spiro atoms. The molecule has 0 radical (unpaired) electrons. The normalized spacial score (nSPS) is 11.2. The van der Waals surface area contributed by atoms with Crippen LogP contribution in [0.3, 0.4) is 0 Å². The van der Waals surface area contributed by atoms with Gasteiger partial charge in [0.2, 0.25) is 0 Å². The van der Waals surface area contributed by atoms with Crippen LogP contribution in [0.5, 0.6) is 5.75 Å². The number of hydrogen-bond donors (Lipinski definition) is 0. The van der Waals surface area contributed by atoms with Crippen molar-refractivity contribution in [2.75, 3.05) is 7.11 Å². The summed E-state index contributed by atoms with van der Waals surface area (Å²) in [6.45, 7) is 3.23. The first-order valence-corrected chi connectivity index (χ1v) is 8.43. The first-order valence-electron chi connectivity index (χ1n) is 7.89. The topological polar surface area (TPSA) is 27.1 Å². The predicted molar refractivity (Wildman–Crippen MR) is 89.2 cm³/mol. The lowest BCUT2D eigenvalue weighted by molar-refractivity contribution is 0.419. The summed E-state index contributed by atoms with van der Waals surface area (Å²) in [5, 5.41) is 0. The zero-order valence-electron chi connectivity index (χ0n) is 13.1. The van der Waals surface area contributed by atoms with Crippen molar-refractivity contribution in [2.24, 2.45) is 0 Å². The van der Waals surface area contributed by atoms with E-state index >= 15 is 0 Å². The van der Waals surface area contributed by atoms with E-state index in [1.54, 1.807) is 7.11 Å². The number of imidazole rings is 1. The number of hydrogen-bond acceptors (Lipinski definition) is 2. The summed E-state index contributed by atoms with van der Waals surface area (Å²) in [6, 6.07) is 6.05. The number of alkyl halides is 1. The minimum absolute atomic E-state index is 0.438. The maximum absolute atomic E-state index is 6.06. The Bertz CT molecular complexity index is 565. The van der Waals surface area contributed by atoms with Crippen LogP contribution in [0.25, 0.3) is 11.0 Å². The van der Waals surface area contributed by atoms with E-state index in [0.29, 0.717) is 5.88 Å². The molecule has 0 saturated heterocycles. The second-order valence-electron chi connectivity index (χ2n) is 5.41. The lowest BCUT2D eigenvalue weighted by Gasteiger charge is -2.08. The highest BCUT2D eigenvalue weighted by Crippen LogP contribution is 2.26. The van der Waals surface area contributed by atoms with Crippen LogP contribution in [-0.4, -0.2) is 16.7 Å². The molecule has 0 unspecified atom stereocenters. The van der Waals surface area contributed by atoms with Crippen LogP contribution >= 0.6 is 11.6 Å². The summed E-state index contributed by atoms with van der Waals surface area (Å²) in [7, 11) is 1.68. The minimum atomic E-state index is 0.438. The second-order valence-corrected chi connectivity index (χ2v) is 5.68. The number of rotatable bonds is 9. The zero-order chi connectivity index (χ0) is 15.1. The molecule has 0 aliphatic heterocycles. The molecule has 0 aliphatic carbocycles. The molecule has 0 N–H and O–H groups in total. The van der Waals surface area contributed by atoms with E-state index in [4.69, 9.17) is 16.3 Å². The Kier molecular flexibility index (Phi) is 6.37. The first kappa shape index (κ1) is 16.2. The second kappa shape index (κ2) is 8.28. The molecule has 1 heterocycles. The van der Waals surface area contributed by atoms with Crippen LogP contribution in [0.4, 0.5) is 0 Å². The average Bonchev–Trinajstić information content (AvgIpc) is 2.88. The largest absolute Gasteiger partial charge is 0.494 e. The molecular weight excluding hydrogens is 284 g/mol. The van der Waals surface area contributed by atoms with E-state index in [1.165, 1.54) is 38.5 Å². The number of ether oxygens (including phenoxy) is 1. The highest BCUT2D eigenvalue weighted by Gasteiger charge is 2.12. The highest BCUT2D eigenvalue weighted by atomic mass is 35.5. The number of aromatic nitrogens is 2. The molecule has 0 saturated carbocycles. The molecule has 2 rings (SSSR count). The van der Waals surface area contributed by atoms with Crippen molar-refractivity contribution >= 4 is 22.6 Å². The fraction of sp³-hybridized carbons (Fsp3) is 0.588. The molecule has 1 aromatic heterocycles. The van der Waals surface area contributed by atoms with Gasteiger partial charge in [-0.05, 0) is 18.6 Å². The minimum Gasteiger partial charge on any atom is -0.494 e. The number of halogens is 1. The number of unbranched alkanes of at least 4 members (excludes halogenated alkanes) is 5. The van der Waals surface area contributed by atoms with Gasteiger partial charge in [-0.15, -0.1) is 11.6 Å². The Morgan fingerprint density at radius 2 is 1.90 bits per heavy atom. The van der Waals surface area contributed by atoms with Gasteiger partial charge < -0.3 is 9.30 Å². The van der Waals surface area contributed by atoms with E-state index in [2.05, 4.69) is 22.5 Å². The van der Waals surface area contributed by atoms with Crippen LogP contribution in [0, 0.1) is 0 Å². The third kappa shape index (κ3) is 3.91. The van der Waals surface area contributed by atoms with Crippen LogP contribution < -0.4 is 4.74 Å². The van der Waals surface area contributed by atoms with Gasteiger partial charge in [0, 0.05) is 6.54 Å². The number of methoxy groups -OCH3 is 1. The van der Waals surface area contributed by atoms with Crippen LogP contribution in [-0.2, 0) is 12.4 Å². The monoisotopic (exact) mass is 308 g/mol. The maximum Gasteiger partial charge on any atom is 0.146 e. The number of fused-ring (bicyclic) bond motifs is 1. The molecule has 2 aromatic rings. The van der Waals surface area contributed by atoms with Crippen LogP contribution in [0.2, 0.25) is 0 Å². The van der Waals surface area contributed by atoms with E-state index in [1.807, 2.05) is 12.1 Å². The van der Waals surface area contributed by atoms with Crippen molar-refractivity contribution in [2.45, 2.75) is 57.9 Å². The number of nitrogens with zero attached hydrogens (tertiary/aromatic N) is 2. The van der Waals surface area contributed by atoms with E-state index in [0.717, 1.165) is 29.2 Å². The van der Waals surface area contributed by atoms with Gasteiger partial charge in [0.1, 0.15) is 17.1 Å². The zero-order valence-corrected chi connectivity index (χ0v) is 13.8. The number of benzene rings is 1. The first-order chi connectivity index (χ1) is 10.3. The summed E-state index contributed by atoms with van der Waals surface area (Å²) in [5.41, 5.74) is 2.04. The van der Waals surface area contributed by atoms with E-state index < -0.39 is 0 Å². The molecule has 0 amide bonds. The smallest absolute Gasteiger partial charge is 0.146 e. The highest BCUT2D eigenvalue weighted by molar-refractivity contribution is 6.16. The van der Waals surface area contributed by atoms with Crippen molar-refractivity contribution in [1.82, 2.24) is 9.55 Å². The van der Waals surface area contributed by atoms with Gasteiger partial charge in [-0.2, -0.15) is 0 Å². The van der Waals surface area contributed by atoms with Gasteiger partial charge in [0.15, 0.2) is 0 Å². The van der Waals surface area contributed by atoms with Crippen molar-refractivity contribution < 1.29 is 4.74 Å². The molecule has 116 valence electrons. The molecule has 0 aliphatic rings. The van der Waals surface area contributed by atoms with Gasteiger partial charge in [-0.25, -0.2) is 4.98 Å². The van der Waals surface area contributed by atoms with E-state index in [9.17, 15) is 0 Å². The van der Waals surface area contributed by atoms with Gasteiger partial charge in [-0.1, -0.05) is 45.1 Å². The fourth-order valence-corrected chi connectivity index (χ4v) is 2.94. The summed E-state index contributed by atoms with van der Waals surface area (Å²) in [6.07, 6.45) is 7.75. The van der Waals surface area contributed by atoms with Gasteiger partial charge >= 0.3 is 0 Å². The summed E-state index contributed by atoms with van der Waals surface area (Å²) >= 11 is 6.06. The number of para-hydroxylation sites is 1. The lowest BCUT2D eigenvalue weighted by Crippen LogP contribution is -2.02. The third-order valence-corrected chi connectivity index (χ3v) is 4.13. The van der Waals surface area contributed by atoms with E-state index in [-0.39, 0.29) is 0 Å². The van der Waals surface area contributed by atoms with Gasteiger partial charge in [0.25, 0.3) is 0 Å². The fourth-order valence-electron chi connectivity index (χ4n) is 2.74. The molecule has 0 atom stereocenters. The Hall–Kier alpha value is -1.22. The SMILES string of the molecule is CCCCCCCCn1c(CCl)nc2c(OC)cccc21. The standard InChI is InChI=1S/C17H25ClN2O/c1-3-4-5-6-7-8-12-20-14-10-9-11-15(21-2)17(14)19-16(20)13-18/h9-11H,3-8,12-13H2,1-2H3. The maximum atomic E-state index is 6.06. The molecule has 1 aromatic carbocycles.